The number of aromatic nitrogens is 2. The van der Waals surface area contributed by atoms with Crippen LogP contribution in [0.4, 0.5) is 0 Å². The monoisotopic (exact) mass is 320 g/mol. The number of hydrogen-bond acceptors (Lipinski definition) is 3. The van der Waals surface area contributed by atoms with Crippen LogP contribution in [0.3, 0.4) is 0 Å². The zero-order chi connectivity index (χ0) is 15.0. The van der Waals surface area contributed by atoms with Crippen molar-refractivity contribution in [3.63, 3.8) is 0 Å². The average Bonchev–Trinajstić information content (AvgIpc) is 2.90. The van der Waals surface area contributed by atoms with E-state index >= 15 is 0 Å². The zero-order valence-corrected chi connectivity index (χ0v) is 12.9. The number of aromatic amines is 1. The van der Waals surface area contributed by atoms with E-state index < -0.39 is 9.84 Å². The normalized spacial score (nSPS) is 11.9. The molecule has 1 heterocycles. The van der Waals surface area contributed by atoms with Gasteiger partial charge in [0.15, 0.2) is 9.84 Å². The minimum atomic E-state index is -3.31. The summed E-state index contributed by atoms with van der Waals surface area (Å²) in [5.74, 6) is 1.05. The second-order valence-corrected chi connectivity index (χ2v) is 7.10. The Morgan fingerprint density at radius 2 is 1.95 bits per heavy atom. The molecule has 4 nitrogen and oxygen atoms in total. The van der Waals surface area contributed by atoms with Gasteiger partial charge in [-0.3, -0.25) is 0 Å². The Kier molecular flexibility index (Phi) is 3.47. The highest BCUT2D eigenvalue weighted by atomic mass is 35.5. The first-order valence-corrected chi connectivity index (χ1v) is 8.76. The number of rotatable bonds is 3. The Balaban J connectivity index is 2.22. The van der Waals surface area contributed by atoms with Crippen LogP contribution in [0.25, 0.3) is 22.4 Å². The lowest BCUT2D eigenvalue weighted by Crippen LogP contribution is -1.97. The van der Waals surface area contributed by atoms with Crippen LogP contribution < -0.4 is 0 Å². The molecule has 0 bridgehead atoms. The van der Waals surface area contributed by atoms with E-state index in [1.54, 1.807) is 12.1 Å². The minimum absolute atomic E-state index is 0.232. The molecule has 0 atom stereocenters. The topological polar surface area (TPSA) is 62.8 Å². The molecule has 0 aliphatic carbocycles. The Hall–Kier alpha value is -1.85. The maximum absolute atomic E-state index is 11.8. The molecule has 1 aromatic heterocycles. The molecule has 0 amide bonds. The van der Waals surface area contributed by atoms with Crippen molar-refractivity contribution in [2.24, 2.45) is 0 Å². The Labute approximate surface area is 127 Å². The summed E-state index contributed by atoms with van der Waals surface area (Å²) in [5, 5.41) is 0. The second-order valence-electron chi connectivity index (χ2n) is 4.84. The van der Waals surface area contributed by atoms with E-state index in [0.717, 1.165) is 11.1 Å². The largest absolute Gasteiger partial charge is 0.338 e. The summed E-state index contributed by atoms with van der Waals surface area (Å²) in [7, 11) is -3.31. The SMILES string of the molecule is CS(=O)(=O)c1cccc2[nH]c(-c3cccc(CCl)c3)nc12. The standard InChI is InChI=1S/C15H13ClN2O2S/c1-21(19,20)13-7-3-6-12-14(13)18-15(17-12)11-5-2-4-10(8-11)9-16/h2-8H,9H2,1H3,(H,17,18). The molecule has 108 valence electrons. The molecule has 21 heavy (non-hydrogen) atoms. The number of halogens is 1. The van der Waals surface area contributed by atoms with Crippen molar-refractivity contribution in [3.05, 3.63) is 48.0 Å². The van der Waals surface area contributed by atoms with Gasteiger partial charge < -0.3 is 4.98 Å². The molecule has 0 aliphatic heterocycles. The summed E-state index contributed by atoms with van der Waals surface area (Å²) < 4.78 is 23.6. The van der Waals surface area contributed by atoms with E-state index in [1.807, 2.05) is 30.3 Å². The second kappa shape index (κ2) is 5.16. The van der Waals surface area contributed by atoms with Gasteiger partial charge in [0.25, 0.3) is 0 Å². The number of nitrogens with zero attached hydrogens (tertiary/aromatic N) is 1. The summed E-state index contributed by atoms with van der Waals surface area (Å²) in [4.78, 5) is 7.84. The predicted octanol–water partition coefficient (Wildman–Crippen LogP) is 3.37. The molecule has 0 spiro atoms. The smallest absolute Gasteiger partial charge is 0.177 e. The molecule has 0 saturated carbocycles. The van der Waals surface area contributed by atoms with Gasteiger partial charge in [-0.2, -0.15) is 0 Å². The Morgan fingerprint density at radius 1 is 1.19 bits per heavy atom. The highest BCUT2D eigenvalue weighted by molar-refractivity contribution is 7.91. The van der Waals surface area contributed by atoms with Gasteiger partial charge in [-0.05, 0) is 23.8 Å². The fourth-order valence-corrected chi connectivity index (χ4v) is 3.24. The van der Waals surface area contributed by atoms with Crippen LogP contribution in [0.5, 0.6) is 0 Å². The third kappa shape index (κ3) is 2.66. The van der Waals surface area contributed by atoms with Gasteiger partial charge in [-0.15, -0.1) is 11.6 Å². The van der Waals surface area contributed by atoms with Crippen molar-refractivity contribution < 1.29 is 8.42 Å². The molecule has 0 radical (unpaired) electrons. The van der Waals surface area contributed by atoms with Crippen molar-refractivity contribution in [1.29, 1.82) is 0 Å². The maximum Gasteiger partial charge on any atom is 0.177 e. The van der Waals surface area contributed by atoms with Crippen LogP contribution >= 0.6 is 11.6 Å². The third-order valence-electron chi connectivity index (χ3n) is 3.23. The van der Waals surface area contributed by atoms with Gasteiger partial charge in [-0.1, -0.05) is 24.3 Å². The van der Waals surface area contributed by atoms with Crippen molar-refractivity contribution in [2.45, 2.75) is 10.8 Å². The van der Waals surface area contributed by atoms with Crippen LogP contribution in [0.1, 0.15) is 5.56 Å². The average molecular weight is 321 g/mol. The number of alkyl halides is 1. The molecule has 1 N–H and O–H groups in total. The van der Waals surface area contributed by atoms with Crippen molar-refractivity contribution in [3.8, 4) is 11.4 Å². The molecule has 0 unspecified atom stereocenters. The number of para-hydroxylation sites is 1. The summed E-state index contributed by atoms with van der Waals surface area (Å²) in [6.07, 6.45) is 1.18. The highest BCUT2D eigenvalue weighted by Gasteiger charge is 2.15. The lowest BCUT2D eigenvalue weighted by atomic mass is 10.1. The maximum atomic E-state index is 11.8. The fraction of sp³-hybridized carbons (Fsp3) is 0.133. The van der Waals surface area contributed by atoms with Gasteiger partial charge in [0.1, 0.15) is 11.3 Å². The first kappa shape index (κ1) is 14.1. The number of fused-ring (bicyclic) bond motifs is 1. The van der Waals surface area contributed by atoms with E-state index in [9.17, 15) is 8.42 Å². The molecule has 0 fully saturated rings. The lowest BCUT2D eigenvalue weighted by Gasteiger charge is -1.99. The minimum Gasteiger partial charge on any atom is -0.338 e. The molecule has 3 rings (SSSR count). The summed E-state index contributed by atoms with van der Waals surface area (Å²) in [6, 6.07) is 12.8. The molecule has 3 aromatic rings. The number of imidazole rings is 1. The first-order valence-electron chi connectivity index (χ1n) is 6.33. The van der Waals surface area contributed by atoms with E-state index in [4.69, 9.17) is 11.6 Å². The van der Waals surface area contributed by atoms with Crippen LogP contribution in [0.15, 0.2) is 47.4 Å². The molecule has 6 heteroatoms. The van der Waals surface area contributed by atoms with E-state index in [1.165, 1.54) is 6.26 Å². The van der Waals surface area contributed by atoms with Crippen LogP contribution in [0.2, 0.25) is 0 Å². The van der Waals surface area contributed by atoms with Crippen molar-refractivity contribution in [2.75, 3.05) is 6.26 Å². The summed E-state index contributed by atoms with van der Waals surface area (Å²) in [6.45, 7) is 0. The van der Waals surface area contributed by atoms with E-state index in [2.05, 4.69) is 9.97 Å². The zero-order valence-electron chi connectivity index (χ0n) is 11.3. The van der Waals surface area contributed by atoms with Crippen LogP contribution in [-0.4, -0.2) is 24.6 Å². The third-order valence-corrected chi connectivity index (χ3v) is 4.67. The van der Waals surface area contributed by atoms with E-state index in [-0.39, 0.29) is 4.90 Å². The van der Waals surface area contributed by atoms with Gasteiger partial charge in [-0.25, -0.2) is 13.4 Å². The van der Waals surface area contributed by atoms with Gasteiger partial charge in [0.2, 0.25) is 0 Å². The summed E-state index contributed by atoms with van der Waals surface area (Å²) in [5.41, 5.74) is 3.03. The van der Waals surface area contributed by atoms with Crippen LogP contribution in [-0.2, 0) is 15.7 Å². The number of nitrogens with one attached hydrogen (secondary N) is 1. The quantitative estimate of drug-likeness (QED) is 0.752. The summed E-state index contributed by atoms with van der Waals surface area (Å²) >= 11 is 5.84. The first-order chi connectivity index (χ1) is 9.99. The molecule has 0 saturated heterocycles. The number of H-pyrrole nitrogens is 1. The number of hydrogen-bond donors (Lipinski definition) is 1. The van der Waals surface area contributed by atoms with Crippen molar-refractivity contribution in [1.82, 2.24) is 9.97 Å². The number of benzene rings is 2. The fourth-order valence-electron chi connectivity index (χ4n) is 2.24. The number of sulfone groups is 1. The van der Waals surface area contributed by atoms with Crippen LogP contribution in [0, 0.1) is 0 Å². The Bertz CT molecular complexity index is 916. The molecule has 2 aromatic carbocycles. The Morgan fingerprint density at radius 3 is 2.67 bits per heavy atom. The lowest BCUT2D eigenvalue weighted by molar-refractivity contribution is 0.602. The van der Waals surface area contributed by atoms with Gasteiger partial charge in [0.05, 0.1) is 10.4 Å². The highest BCUT2D eigenvalue weighted by Crippen LogP contribution is 2.26. The molecular weight excluding hydrogens is 308 g/mol. The predicted molar refractivity (Wildman–Crippen MR) is 84.2 cm³/mol. The van der Waals surface area contributed by atoms with Gasteiger partial charge in [0, 0.05) is 17.7 Å². The van der Waals surface area contributed by atoms with Gasteiger partial charge >= 0.3 is 0 Å². The molecule has 0 aliphatic rings. The van der Waals surface area contributed by atoms with E-state index in [0.29, 0.717) is 22.7 Å². The molecular formula is C15H13ClN2O2S. The van der Waals surface area contributed by atoms with Crippen molar-refractivity contribution >= 4 is 32.5 Å².